The number of hydrogen-bond donors (Lipinski definition) is 12. The summed E-state index contributed by atoms with van der Waals surface area (Å²) in [5, 5.41) is 133. The summed E-state index contributed by atoms with van der Waals surface area (Å²) in [5.74, 6) is -4.60. The number of rotatable bonds is 21. The number of carboxylic acids is 1. The Morgan fingerprint density at radius 2 is 1.30 bits per heavy atom. The normalized spacial score (nSPS) is 45.0. The second-order valence-corrected chi connectivity index (χ2v) is 29.3. The lowest BCUT2D eigenvalue weighted by atomic mass is 9.33. The van der Waals surface area contributed by atoms with Crippen LogP contribution in [0.5, 0.6) is 0 Å². The van der Waals surface area contributed by atoms with Crippen LogP contribution < -0.4 is 0 Å². The van der Waals surface area contributed by atoms with Gasteiger partial charge in [-0.25, -0.2) is 14.4 Å². The Labute approximate surface area is 543 Å². The van der Waals surface area contributed by atoms with E-state index in [1.54, 1.807) is 33.8 Å². The number of ether oxygens (including phenoxy) is 11. The number of carboxylic acid groups (broad SMARTS) is 1. The SMILES string of the molecule is C/C=C(/C)C(=O)OC1C(O)[C@H](O[C@H]2[C@H](OC(C)=O)[C@@]3(CO)C(CC2(C)C)C2=CCC4[C@@]5(C)CC[C@H](O[C@@H]6OC(C(=O)O)[C@@H](O)C(OC(C)O[C@@H](CO)C(O)CO)C6O[C@@H]6OC(CO)[C@H](O)C(O)C6O)C(C)(C)C5CC[C@@]4(C)[C@]2(C)C[C@H]3O)OC(C)[C@@H]1OC(=O)/C(C)=C\C. The number of carbonyl (C=O) groups is 4. The van der Waals surface area contributed by atoms with Gasteiger partial charge in [0.2, 0.25) is 0 Å². The van der Waals surface area contributed by atoms with Crippen LogP contribution in [0.25, 0.3) is 0 Å². The minimum atomic E-state index is -2.07. The van der Waals surface area contributed by atoms with Crippen LogP contribution in [0, 0.1) is 50.2 Å². The van der Waals surface area contributed by atoms with Crippen LogP contribution in [-0.4, -0.2) is 247 Å². The average molecular weight is 1330 g/mol. The van der Waals surface area contributed by atoms with Crippen molar-refractivity contribution in [2.24, 2.45) is 50.2 Å². The molecule has 4 saturated carbocycles. The Balaban J connectivity index is 1.10. The Kier molecular flexibility index (Phi) is 23.1. The molecule has 3 saturated heterocycles. The van der Waals surface area contributed by atoms with Crippen LogP contribution in [0.4, 0.5) is 0 Å². The molecule has 27 nitrogen and oxygen atoms in total. The fourth-order valence-electron chi connectivity index (χ4n) is 17.7. The molecule has 0 amide bonds. The fraction of sp³-hybridized carbons (Fsp3) is 0.848. The number of esters is 3. The molecule has 5 aliphatic carbocycles. The number of carbonyl (C=O) groups excluding carboxylic acids is 3. The van der Waals surface area contributed by atoms with E-state index in [9.17, 15) is 80.5 Å². The molecule has 0 radical (unpaired) electrons. The maximum atomic E-state index is 13.5. The number of fused-ring (bicyclic) bond motifs is 7. The number of aliphatic hydroxyl groups is 11. The zero-order valence-electron chi connectivity index (χ0n) is 55.9. The third-order valence-corrected chi connectivity index (χ3v) is 23.3. The second-order valence-electron chi connectivity index (χ2n) is 29.3. The largest absolute Gasteiger partial charge is 0.479 e. The molecule has 0 spiro atoms. The molecule has 0 aromatic rings. The summed E-state index contributed by atoms with van der Waals surface area (Å²) >= 11 is 0. The van der Waals surface area contributed by atoms with E-state index in [1.807, 2.05) is 27.7 Å². The van der Waals surface area contributed by atoms with Gasteiger partial charge in [-0.15, -0.1) is 0 Å². The first-order chi connectivity index (χ1) is 43.4. The summed E-state index contributed by atoms with van der Waals surface area (Å²) in [6, 6.07) is 0. The summed E-state index contributed by atoms with van der Waals surface area (Å²) < 4.78 is 68.1. The van der Waals surface area contributed by atoms with Crippen molar-refractivity contribution in [3.63, 3.8) is 0 Å². The molecule has 3 heterocycles. The predicted molar refractivity (Wildman–Crippen MR) is 323 cm³/mol. The van der Waals surface area contributed by atoms with Crippen molar-refractivity contribution < 1.29 is 133 Å². The minimum Gasteiger partial charge on any atom is -0.479 e. The van der Waals surface area contributed by atoms with Gasteiger partial charge in [-0.2, -0.15) is 0 Å². The van der Waals surface area contributed by atoms with Gasteiger partial charge in [-0.1, -0.05) is 72.3 Å². The molecule has 0 bridgehead atoms. The summed E-state index contributed by atoms with van der Waals surface area (Å²) in [6.07, 6.45) is -26.1. The standard InChI is InChI=1S/C66H104O27/c1-15-29(3)56(81)89-48-31(5)83-59(47(78)50(48)90-57(82)30(4)16-2)93-53-54(84-32(6)71)66(28-70)35(23-61(53,8)9)34-17-18-40-63(12)21-20-42(62(10,11)39(63)19-22-64(40,13)65(34,14)24-41(66)73)88-60-52(92-58-45(76)44(75)43(74)38(27-69)87-58)49(46(77)51(91-60)55(79)80)86-33(7)85-37(26-68)36(72)25-67/h15-17,31,33,35-54,58-60,67-70,72-78H,18-28H2,1-14H3,(H,79,80)/b29-15-,30-16-/t31?,33?,35?,36?,37-,38?,39?,40?,41+,42-,43-,44?,45?,46-,47?,48-,49?,50?,51?,52?,53-,54-,58-,59-,60+,63-,64+,65+,66-/m0/s1. The summed E-state index contributed by atoms with van der Waals surface area (Å²) in [5.41, 5.74) is -3.50. The van der Waals surface area contributed by atoms with E-state index in [0.717, 1.165) is 5.57 Å². The van der Waals surface area contributed by atoms with Crippen LogP contribution in [0.15, 0.2) is 34.9 Å². The zero-order valence-corrected chi connectivity index (χ0v) is 55.9. The molecule has 14 unspecified atom stereocenters. The molecule has 3 aliphatic heterocycles. The van der Waals surface area contributed by atoms with Gasteiger partial charge in [-0.3, -0.25) is 4.79 Å². The van der Waals surface area contributed by atoms with E-state index in [0.29, 0.717) is 38.5 Å². The van der Waals surface area contributed by atoms with Gasteiger partial charge in [0.05, 0.1) is 50.2 Å². The monoisotopic (exact) mass is 1330 g/mol. The van der Waals surface area contributed by atoms with Crippen molar-refractivity contribution in [1.82, 2.24) is 0 Å². The van der Waals surface area contributed by atoms with Crippen molar-refractivity contribution in [2.45, 2.75) is 277 Å². The average Bonchev–Trinajstić information content (AvgIpc) is 0.670. The third kappa shape index (κ3) is 13.4. The van der Waals surface area contributed by atoms with E-state index in [4.69, 9.17) is 52.1 Å². The van der Waals surface area contributed by atoms with E-state index in [-0.39, 0.29) is 29.4 Å². The van der Waals surface area contributed by atoms with E-state index >= 15 is 0 Å². The van der Waals surface area contributed by atoms with Gasteiger partial charge in [0, 0.05) is 18.1 Å². The zero-order chi connectivity index (χ0) is 69.2. The molecule has 8 rings (SSSR count). The molecule has 29 atom stereocenters. The molecular formula is C66H104O27. The van der Waals surface area contributed by atoms with E-state index in [1.165, 1.54) is 26.8 Å². The molecule has 8 aliphatic rings. The highest BCUT2D eigenvalue weighted by atomic mass is 16.8. The quantitative estimate of drug-likeness (QED) is 0.0193. The number of aliphatic carboxylic acids is 1. The first-order valence-corrected chi connectivity index (χ1v) is 32.7. The first kappa shape index (κ1) is 75.1. The summed E-state index contributed by atoms with van der Waals surface area (Å²) in [4.78, 5) is 53.1. The lowest BCUT2D eigenvalue weighted by Crippen LogP contribution is -2.73. The lowest BCUT2D eigenvalue weighted by Gasteiger charge is -2.72. The molecule has 93 heavy (non-hydrogen) atoms. The lowest BCUT2D eigenvalue weighted by molar-refractivity contribution is -0.386. The minimum absolute atomic E-state index is 0.0369. The third-order valence-electron chi connectivity index (χ3n) is 23.3. The molecule has 0 aromatic carbocycles. The number of aliphatic hydroxyl groups excluding tert-OH is 11. The maximum Gasteiger partial charge on any atom is 0.335 e. The van der Waals surface area contributed by atoms with Gasteiger partial charge in [-0.05, 0) is 131 Å². The van der Waals surface area contributed by atoms with Crippen LogP contribution in [-0.2, 0) is 71.3 Å². The maximum absolute atomic E-state index is 13.5. The Morgan fingerprint density at radius 1 is 0.677 bits per heavy atom. The van der Waals surface area contributed by atoms with Gasteiger partial charge >= 0.3 is 23.9 Å². The molecular weight excluding hydrogens is 1220 g/mol. The summed E-state index contributed by atoms with van der Waals surface area (Å²) in [6.45, 7) is 22.1. The topological polar surface area (TPSA) is 413 Å². The highest BCUT2D eigenvalue weighted by Gasteiger charge is 2.74. The smallest absolute Gasteiger partial charge is 0.335 e. The predicted octanol–water partition coefficient (Wildman–Crippen LogP) is 1.35. The molecule has 12 N–H and O–H groups in total. The van der Waals surface area contributed by atoms with Crippen molar-refractivity contribution in [2.75, 3.05) is 26.4 Å². The Hall–Kier alpha value is -3.66. The van der Waals surface area contributed by atoms with Gasteiger partial charge in [0.1, 0.15) is 73.2 Å². The van der Waals surface area contributed by atoms with Crippen molar-refractivity contribution >= 4 is 23.9 Å². The second kappa shape index (κ2) is 28.7. The molecule has 530 valence electrons. The van der Waals surface area contributed by atoms with Gasteiger partial charge in [0.25, 0.3) is 0 Å². The van der Waals surface area contributed by atoms with E-state index < -0.39 is 224 Å². The summed E-state index contributed by atoms with van der Waals surface area (Å²) in [7, 11) is 0. The van der Waals surface area contributed by atoms with Crippen molar-refractivity contribution in [1.29, 1.82) is 0 Å². The van der Waals surface area contributed by atoms with Crippen molar-refractivity contribution in [3.05, 3.63) is 34.9 Å². The number of allylic oxidation sites excluding steroid dienone is 4. The fourth-order valence-corrected chi connectivity index (χ4v) is 17.7. The molecule has 0 aromatic heterocycles. The van der Waals surface area contributed by atoms with Crippen LogP contribution in [0.2, 0.25) is 0 Å². The van der Waals surface area contributed by atoms with Crippen LogP contribution in [0.3, 0.4) is 0 Å². The Morgan fingerprint density at radius 3 is 1.87 bits per heavy atom. The highest BCUT2D eigenvalue weighted by molar-refractivity contribution is 5.88. The van der Waals surface area contributed by atoms with Crippen LogP contribution in [0.1, 0.15) is 142 Å². The van der Waals surface area contributed by atoms with E-state index in [2.05, 4.69) is 26.8 Å². The molecule has 27 heteroatoms. The molecule has 7 fully saturated rings. The van der Waals surface area contributed by atoms with Crippen LogP contribution >= 0.6 is 0 Å². The first-order valence-electron chi connectivity index (χ1n) is 32.7. The van der Waals surface area contributed by atoms with Crippen molar-refractivity contribution in [3.8, 4) is 0 Å². The van der Waals surface area contributed by atoms with Gasteiger partial charge in [0.15, 0.2) is 43.5 Å². The number of hydrogen-bond acceptors (Lipinski definition) is 26. The highest BCUT2D eigenvalue weighted by Crippen LogP contribution is 2.76. The van der Waals surface area contributed by atoms with Gasteiger partial charge < -0.3 is 113 Å². The Bertz CT molecular complexity index is 2750.